The maximum absolute atomic E-state index is 13.0. The smallest absolute Gasteiger partial charge is 0.254 e. The normalized spacial score (nSPS) is 17.7. The minimum Gasteiger partial charge on any atom is -0.332 e. The molecule has 0 bridgehead atoms. The molecule has 0 radical (unpaired) electrons. The fourth-order valence-electron chi connectivity index (χ4n) is 3.33. The predicted octanol–water partition coefficient (Wildman–Crippen LogP) is 3.97. The van der Waals surface area contributed by atoms with E-state index in [1.54, 1.807) is 24.3 Å². The van der Waals surface area contributed by atoms with E-state index >= 15 is 0 Å². The highest BCUT2D eigenvalue weighted by molar-refractivity contribution is 9.10. The highest BCUT2D eigenvalue weighted by Crippen LogP contribution is 2.34. The lowest BCUT2D eigenvalue weighted by atomic mass is 10.0. The Balaban J connectivity index is 1.86. The van der Waals surface area contributed by atoms with E-state index < -0.39 is 9.84 Å². The average molecular weight is 422 g/mol. The van der Waals surface area contributed by atoms with Gasteiger partial charge in [-0.1, -0.05) is 40.2 Å². The van der Waals surface area contributed by atoms with Gasteiger partial charge in [-0.05, 0) is 48.2 Å². The molecule has 1 aliphatic heterocycles. The van der Waals surface area contributed by atoms with Crippen LogP contribution in [0.15, 0.2) is 53.0 Å². The summed E-state index contributed by atoms with van der Waals surface area (Å²) in [6.07, 6.45) is 3.10. The van der Waals surface area contributed by atoms with Gasteiger partial charge in [-0.2, -0.15) is 0 Å². The lowest BCUT2D eigenvalue weighted by Crippen LogP contribution is -2.30. The van der Waals surface area contributed by atoms with Gasteiger partial charge in [0, 0.05) is 22.8 Å². The molecule has 1 heterocycles. The summed E-state index contributed by atoms with van der Waals surface area (Å²) in [5, 5.41) is 0. The highest BCUT2D eigenvalue weighted by atomic mass is 79.9. The molecule has 25 heavy (non-hydrogen) atoms. The molecule has 132 valence electrons. The van der Waals surface area contributed by atoms with Crippen LogP contribution in [0.4, 0.5) is 0 Å². The number of sulfone groups is 1. The summed E-state index contributed by atoms with van der Waals surface area (Å²) in [6.45, 7) is 0.715. The number of hydrogen-bond donors (Lipinski definition) is 0. The van der Waals surface area contributed by atoms with E-state index in [0.717, 1.165) is 22.9 Å². The van der Waals surface area contributed by atoms with Gasteiger partial charge in [-0.15, -0.1) is 0 Å². The SMILES string of the molecule is CS(=O)(=O)Cc1cccc(C(=O)N2CCCC2c2cccc(Br)c2)c1. The molecule has 2 aromatic rings. The molecule has 0 aromatic heterocycles. The number of benzene rings is 2. The molecule has 2 aromatic carbocycles. The number of carbonyl (C=O) groups excluding carboxylic acids is 1. The van der Waals surface area contributed by atoms with Crippen molar-refractivity contribution in [3.8, 4) is 0 Å². The van der Waals surface area contributed by atoms with E-state index in [0.29, 0.717) is 17.7 Å². The van der Waals surface area contributed by atoms with Crippen molar-refractivity contribution in [3.05, 3.63) is 69.7 Å². The van der Waals surface area contributed by atoms with Gasteiger partial charge in [0.05, 0.1) is 11.8 Å². The third kappa shape index (κ3) is 4.50. The predicted molar refractivity (Wildman–Crippen MR) is 102 cm³/mol. The molecule has 1 atom stereocenters. The van der Waals surface area contributed by atoms with Crippen molar-refractivity contribution < 1.29 is 13.2 Å². The van der Waals surface area contributed by atoms with Crippen LogP contribution >= 0.6 is 15.9 Å². The minimum atomic E-state index is -3.13. The van der Waals surface area contributed by atoms with Gasteiger partial charge < -0.3 is 4.90 Å². The first-order valence-corrected chi connectivity index (χ1v) is 11.0. The first kappa shape index (κ1) is 18.1. The first-order valence-electron chi connectivity index (χ1n) is 8.16. The quantitative estimate of drug-likeness (QED) is 0.749. The molecule has 1 aliphatic rings. The van der Waals surface area contributed by atoms with Crippen LogP contribution in [-0.4, -0.2) is 32.0 Å². The van der Waals surface area contributed by atoms with Crippen LogP contribution in [0.1, 0.15) is 40.4 Å². The Morgan fingerprint density at radius 1 is 1.20 bits per heavy atom. The van der Waals surface area contributed by atoms with E-state index in [4.69, 9.17) is 0 Å². The Morgan fingerprint density at radius 3 is 2.68 bits per heavy atom. The van der Waals surface area contributed by atoms with Crippen LogP contribution in [0, 0.1) is 0 Å². The first-order chi connectivity index (χ1) is 11.8. The topological polar surface area (TPSA) is 54.5 Å². The van der Waals surface area contributed by atoms with Crippen molar-refractivity contribution in [1.82, 2.24) is 4.90 Å². The van der Waals surface area contributed by atoms with Crippen molar-refractivity contribution >= 4 is 31.7 Å². The fourth-order valence-corrected chi connectivity index (χ4v) is 4.53. The van der Waals surface area contributed by atoms with E-state index in [1.165, 1.54) is 6.26 Å². The van der Waals surface area contributed by atoms with Gasteiger partial charge >= 0.3 is 0 Å². The number of rotatable bonds is 4. The van der Waals surface area contributed by atoms with Crippen molar-refractivity contribution in [2.24, 2.45) is 0 Å². The zero-order valence-corrected chi connectivity index (χ0v) is 16.4. The van der Waals surface area contributed by atoms with Crippen LogP contribution in [0.25, 0.3) is 0 Å². The summed E-state index contributed by atoms with van der Waals surface area (Å²) in [4.78, 5) is 14.9. The van der Waals surface area contributed by atoms with Gasteiger partial charge in [0.1, 0.15) is 0 Å². The maximum atomic E-state index is 13.0. The number of carbonyl (C=O) groups is 1. The van der Waals surface area contributed by atoms with E-state index in [-0.39, 0.29) is 17.7 Å². The van der Waals surface area contributed by atoms with E-state index in [9.17, 15) is 13.2 Å². The second-order valence-electron chi connectivity index (χ2n) is 6.48. The molecule has 0 N–H and O–H groups in total. The Hall–Kier alpha value is -1.66. The van der Waals surface area contributed by atoms with Crippen LogP contribution in [0.2, 0.25) is 0 Å². The van der Waals surface area contributed by atoms with Crippen molar-refractivity contribution in [1.29, 1.82) is 0 Å². The van der Waals surface area contributed by atoms with Crippen LogP contribution in [0.3, 0.4) is 0 Å². The minimum absolute atomic E-state index is 0.0437. The fraction of sp³-hybridized carbons (Fsp3) is 0.316. The molecule has 4 nitrogen and oxygen atoms in total. The molecule has 1 fully saturated rings. The number of halogens is 1. The summed E-state index contributed by atoms with van der Waals surface area (Å²) in [5.41, 5.74) is 2.31. The Bertz CT molecular complexity index is 895. The van der Waals surface area contributed by atoms with Crippen LogP contribution in [0.5, 0.6) is 0 Å². The Kier molecular flexibility index (Phi) is 5.29. The molecule has 3 rings (SSSR count). The molecule has 0 spiro atoms. The molecular formula is C19H20BrNO3S. The van der Waals surface area contributed by atoms with Crippen molar-refractivity contribution in [2.75, 3.05) is 12.8 Å². The van der Waals surface area contributed by atoms with Gasteiger partial charge in [-0.3, -0.25) is 4.79 Å². The van der Waals surface area contributed by atoms with Crippen molar-refractivity contribution in [2.45, 2.75) is 24.6 Å². The van der Waals surface area contributed by atoms with Gasteiger partial charge in [0.15, 0.2) is 9.84 Å². The monoisotopic (exact) mass is 421 g/mol. The second kappa shape index (κ2) is 7.30. The zero-order chi connectivity index (χ0) is 18.0. The molecule has 0 saturated carbocycles. The molecule has 1 unspecified atom stereocenters. The average Bonchev–Trinajstić information content (AvgIpc) is 3.02. The van der Waals surface area contributed by atoms with Crippen molar-refractivity contribution in [3.63, 3.8) is 0 Å². The Labute approximate surface area is 156 Å². The van der Waals surface area contributed by atoms with Crippen LogP contribution in [-0.2, 0) is 15.6 Å². The zero-order valence-electron chi connectivity index (χ0n) is 14.0. The number of hydrogen-bond acceptors (Lipinski definition) is 3. The summed E-state index contributed by atoms with van der Waals surface area (Å²) >= 11 is 3.49. The Morgan fingerprint density at radius 2 is 1.96 bits per heavy atom. The molecule has 1 saturated heterocycles. The summed E-state index contributed by atoms with van der Waals surface area (Å²) in [5.74, 6) is -0.0961. The molecule has 1 amide bonds. The number of amides is 1. The largest absolute Gasteiger partial charge is 0.332 e. The standard InChI is InChI=1S/C19H20BrNO3S/c1-25(23,24)13-14-5-2-7-16(11-14)19(22)21-10-4-9-18(21)15-6-3-8-17(20)12-15/h2-3,5-8,11-12,18H,4,9-10,13H2,1H3. The van der Waals surface area contributed by atoms with Gasteiger partial charge in [-0.25, -0.2) is 8.42 Å². The van der Waals surface area contributed by atoms with Gasteiger partial charge in [0.25, 0.3) is 5.91 Å². The number of likely N-dealkylation sites (tertiary alicyclic amines) is 1. The van der Waals surface area contributed by atoms with Crippen LogP contribution < -0.4 is 0 Å². The molecular weight excluding hydrogens is 402 g/mol. The lowest BCUT2D eigenvalue weighted by molar-refractivity contribution is 0.0735. The molecule has 6 heteroatoms. The second-order valence-corrected chi connectivity index (χ2v) is 9.54. The van der Waals surface area contributed by atoms with Gasteiger partial charge in [0.2, 0.25) is 0 Å². The number of nitrogens with zero attached hydrogens (tertiary/aromatic N) is 1. The van der Waals surface area contributed by atoms with E-state index in [2.05, 4.69) is 22.0 Å². The third-order valence-corrected chi connectivity index (χ3v) is 5.70. The molecule has 0 aliphatic carbocycles. The lowest BCUT2D eigenvalue weighted by Gasteiger charge is -2.25. The summed E-state index contributed by atoms with van der Waals surface area (Å²) in [6, 6.07) is 15.0. The highest BCUT2D eigenvalue weighted by Gasteiger charge is 2.30. The van der Waals surface area contributed by atoms with E-state index in [1.807, 2.05) is 23.1 Å². The third-order valence-electron chi connectivity index (χ3n) is 4.35. The summed E-state index contributed by atoms with van der Waals surface area (Å²) < 4.78 is 24.0. The maximum Gasteiger partial charge on any atom is 0.254 e. The summed E-state index contributed by atoms with van der Waals surface area (Å²) in [7, 11) is -3.13.